The van der Waals surface area contributed by atoms with E-state index in [1.54, 1.807) is 0 Å². The number of piperidine rings is 1. The number of nitrogens with zero attached hydrogens (tertiary/aromatic N) is 3. The van der Waals surface area contributed by atoms with Crippen LogP contribution in [0.15, 0.2) is 30.3 Å². The molecule has 24 heavy (non-hydrogen) atoms. The largest absolute Gasteiger partial charge is 0.355 e. The molecular weight excluding hydrogens is 304 g/mol. The SMILES string of the molecule is c1ccc(-c2n[nH]c([C@H]3CCCN(C[C@H]4CCOCO4)C3)n2)cc1. The van der Waals surface area contributed by atoms with Crippen molar-refractivity contribution in [3.05, 3.63) is 36.2 Å². The molecule has 0 bridgehead atoms. The lowest BCUT2D eigenvalue weighted by Crippen LogP contribution is -2.42. The lowest BCUT2D eigenvalue weighted by molar-refractivity contribution is -0.145. The molecule has 1 aromatic carbocycles. The van der Waals surface area contributed by atoms with Crippen LogP contribution >= 0.6 is 0 Å². The van der Waals surface area contributed by atoms with E-state index in [1.165, 1.54) is 6.42 Å². The average molecular weight is 328 g/mol. The first kappa shape index (κ1) is 15.7. The van der Waals surface area contributed by atoms with E-state index in [4.69, 9.17) is 14.5 Å². The summed E-state index contributed by atoms with van der Waals surface area (Å²) in [7, 11) is 0. The molecule has 6 nitrogen and oxygen atoms in total. The number of hydrogen-bond acceptors (Lipinski definition) is 5. The number of aromatic nitrogens is 3. The third-order valence-electron chi connectivity index (χ3n) is 4.86. The molecular formula is C18H24N4O2. The Balaban J connectivity index is 1.40. The minimum atomic E-state index is 0.298. The van der Waals surface area contributed by atoms with E-state index in [2.05, 4.69) is 15.1 Å². The van der Waals surface area contributed by atoms with E-state index in [9.17, 15) is 0 Å². The van der Waals surface area contributed by atoms with Gasteiger partial charge in [0.05, 0.1) is 12.7 Å². The molecule has 2 saturated heterocycles. The highest BCUT2D eigenvalue weighted by Gasteiger charge is 2.26. The van der Waals surface area contributed by atoms with Gasteiger partial charge in [-0.1, -0.05) is 30.3 Å². The zero-order valence-electron chi connectivity index (χ0n) is 13.9. The van der Waals surface area contributed by atoms with Gasteiger partial charge in [-0.2, -0.15) is 5.10 Å². The predicted molar refractivity (Wildman–Crippen MR) is 90.5 cm³/mol. The van der Waals surface area contributed by atoms with Gasteiger partial charge in [0, 0.05) is 24.6 Å². The van der Waals surface area contributed by atoms with Gasteiger partial charge < -0.3 is 14.4 Å². The third-order valence-corrected chi connectivity index (χ3v) is 4.86. The topological polar surface area (TPSA) is 63.3 Å². The average Bonchev–Trinajstić information content (AvgIpc) is 3.14. The molecule has 0 amide bonds. The first-order chi connectivity index (χ1) is 11.9. The molecule has 2 aliphatic heterocycles. The van der Waals surface area contributed by atoms with E-state index in [1.807, 2.05) is 30.3 Å². The van der Waals surface area contributed by atoms with Crippen molar-refractivity contribution >= 4 is 0 Å². The van der Waals surface area contributed by atoms with Crippen LogP contribution in [0.3, 0.4) is 0 Å². The molecule has 2 aromatic rings. The minimum absolute atomic E-state index is 0.298. The second-order valence-electron chi connectivity index (χ2n) is 6.61. The van der Waals surface area contributed by atoms with Crippen molar-refractivity contribution in [1.29, 1.82) is 0 Å². The normalized spacial score (nSPS) is 25.7. The Hall–Kier alpha value is -1.76. The van der Waals surface area contributed by atoms with Crippen LogP contribution in [-0.4, -0.2) is 59.2 Å². The van der Waals surface area contributed by atoms with Crippen LogP contribution in [0.25, 0.3) is 11.4 Å². The van der Waals surface area contributed by atoms with E-state index < -0.39 is 0 Å². The van der Waals surface area contributed by atoms with Gasteiger partial charge in [-0.25, -0.2) is 4.98 Å². The van der Waals surface area contributed by atoms with E-state index in [0.29, 0.717) is 18.8 Å². The Bertz CT molecular complexity index is 639. The summed E-state index contributed by atoms with van der Waals surface area (Å²) >= 11 is 0. The summed E-state index contributed by atoms with van der Waals surface area (Å²) in [6, 6.07) is 10.1. The van der Waals surface area contributed by atoms with Crippen molar-refractivity contribution in [2.75, 3.05) is 33.0 Å². The Morgan fingerprint density at radius 3 is 2.96 bits per heavy atom. The standard InChI is InChI=1S/C18H24N4O2/c1-2-5-14(6-3-1)17-19-18(21-20-17)15-7-4-9-22(11-15)12-16-8-10-23-13-24-16/h1-3,5-6,15-16H,4,7-13H2,(H,19,20,21)/t15-,16+/m0/s1. The molecule has 128 valence electrons. The first-order valence-electron chi connectivity index (χ1n) is 8.78. The van der Waals surface area contributed by atoms with Crippen LogP contribution in [0.4, 0.5) is 0 Å². The van der Waals surface area contributed by atoms with Crippen LogP contribution in [0.5, 0.6) is 0 Å². The molecule has 3 heterocycles. The number of likely N-dealkylation sites (tertiary alicyclic amines) is 1. The fourth-order valence-corrected chi connectivity index (χ4v) is 3.55. The number of rotatable bonds is 4. The van der Waals surface area contributed by atoms with Gasteiger partial charge >= 0.3 is 0 Å². The van der Waals surface area contributed by atoms with Crippen molar-refractivity contribution in [1.82, 2.24) is 20.1 Å². The zero-order chi connectivity index (χ0) is 16.2. The van der Waals surface area contributed by atoms with Gasteiger partial charge in [-0.05, 0) is 25.8 Å². The molecule has 0 spiro atoms. The third kappa shape index (κ3) is 3.66. The highest BCUT2D eigenvalue weighted by atomic mass is 16.7. The molecule has 2 atom stereocenters. The molecule has 0 radical (unpaired) electrons. The monoisotopic (exact) mass is 328 g/mol. The van der Waals surface area contributed by atoms with Crippen LogP contribution in [-0.2, 0) is 9.47 Å². The van der Waals surface area contributed by atoms with Crippen molar-refractivity contribution in [3.63, 3.8) is 0 Å². The number of ether oxygens (including phenoxy) is 2. The molecule has 1 N–H and O–H groups in total. The molecule has 6 heteroatoms. The van der Waals surface area contributed by atoms with Gasteiger partial charge in [-0.15, -0.1) is 0 Å². The number of H-pyrrole nitrogens is 1. The predicted octanol–water partition coefficient (Wildman–Crippen LogP) is 2.41. The smallest absolute Gasteiger partial charge is 0.181 e. The molecule has 4 rings (SSSR count). The van der Waals surface area contributed by atoms with Gasteiger partial charge in [0.25, 0.3) is 0 Å². The lowest BCUT2D eigenvalue weighted by atomic mass is 9.97. The van der Waals surface area contributed by atoms with E-state index >= 15 is 0 Å². The Labute approximate surface area is 142 Å². The number of aromatic amines is 1. The Morgan fingerprint density at radius 2 is 2.12 bits per heavy atom. The van der Waals surface area contributed by atoms with Crippen LogP contribution in [0.1, 0.15) is 31.0 Å². The Kier molecular flexibility index (Phi) is 4.87. The number of nitrogens with one attached hydrogen (secondary N) is 1. The summed E-state index contributed by atoms with van der Waals surface area (Å²) < 4.78 is 10.9. The Morgan fingerprint density at radius 1 is 1.21 bits per heavy atom. The van der Waals surface area contributed by atoms with Crippen molar-refractivity contribution in [2.24, 2.45) is 0 Å². The summed E-state index contributed by atoms with van der Waals surface area (Å²) in [5, 5.41) is 7.57. The second-order valence-corrected chi connectivity index (χ2v) is 6.61. The zero-order valence-corrected chi connectivity index (χ0v) is 13.9. The van der Waals surface area contributed by atoms with Gasteiger partial charge in [0.15, 0.2) is 5.82 Å². The highest BCUT2D eigenvalue weighted by molar-refractivity contribution is 5.53. The highest BCUT2D eigenvalue weighted by Crippen LogP contribution is 2.26. The van der Waals surface area contributed by atoms with Gasteiger partial charge in [-0.3, -0.25) is 5.10 Å². The maximum absolute atomic E-state index is 5.68. The van der Waals surface area contributed by atoms with E-state index in [-0.39, 0.29) is 0 Å². The summed E-state index contributed by atoms with van der Waals surface area (Å²) in [6.45, 7) is 4.38. The second kappa shape index (κ2) is 7.42. The van der Waals surface area contributed by atoms with Gasteiger partial charge in [0.2, 0.25) is 0 Å². The number of hydrogen-bond donors (Lipinski definition) is 1. The molecule has 1 aromatic heterocycles. The summed E-state index contributed by atoms with van der Waals surface area (Å²) in [4.78, 5) is 7.24. The summed E-state index contributed by atoms with van der Waals surface area (Å²) in [5.74, 6) is 2.21. The van der Waals surface area contributed by atoms with Gasteiger partial charge in [0.1, 0.15) is 12.6 Å². The van der Waals surface area contributed by atoms with E-state index in [0.717, 1.165) is 56.3 Å². The molecule has 0 unspecified atom stereocenters. The quantitative estimate of drug-likeness (QED) is 0.934. The van der Waals surface area contributed by atoms with Crippen molar-refractivity contribution in [2.45, 2.75) is 31.3 Å². The first-order valence-corrected chi connectivity index (χ1v) is 8.78. The lowest BCUT2D eigenvalue weighted by Gasteiger charge is -2.35. The van der Waals surface area contributed by atoms with Crippen LogP contribution in [0.2, 0.25) is 0 Å². The summed E-state index contributed by atoms with van der Waals surface area (Å²) in [5.41, 5.74) is 1.06. The maximum Gasteiger partial charge on any atom is 0.181 e. The minimum Gasteiger partial charge on any atom is -0.355 e. The van der Waals surface area contributed by atoms with Crippen molar-refractivity contribution in [3.8, 4) is 11.4 Å². The van der Waals surface area contributed by atoms with Crippen molar-refractivity contribution < 1.29 is 9.47 Å². The van der Waals surface area contributed by atoms with Crippen LogP contribution in [0, 0.1) is 0 Å². The maximum atomic E-state index is 5.68. The number of benzene rings is 1. The summed E-state index contributed by atoms with van der Waals surface area (Å²) in [6.07, 6.45) is 3.64. The fourth-order valence-electron chi connectivity index (χ4n) is 3.55. The van der Waals surface area contributed by atoms with Crippen LogP contribution < -0.4 is 0 Å². The molecule has 2 fully saturated rings. The molecule has 0 aliphatic carbocycles. The fraction of sp³-hybridized carbons (Fsp3) is 0.556. The molecule has 2 aliphatic rings. The molecule has 0 saturated carbocycles.